The van der Waals surface area contributed by atoms with E-state index in [4.69, 9.17) is 0 Å². The van der Waals surface area contributed by atoms with Crippen molar-refractivity contribution in [1.29, 1.82) is 0 Å². The van der Waals surface area contributed by atoms with Crippen LogP contribution in [0.4, 0.5) is 5.69 Å². The second-order valence-electron chi connectivity index (χ2n) is 10.5. The summed E-state index contributed by atoms with van der Waals surface area (Å²) in [5.41, 5.74) is 2.40. The first kappa shape index (κ1) is 30.7. The number of hydrogen-bond donors (Lipinski definition) is 1. The Morgan fingerprint density at radius 2 is 1.59 bits per heavy atom. The third-order valence-corrected chi connectivity index (χ3v) is 10.1. The zero-order valence-corrected chi connectivity index (χ0v) is 25.6. The topological polar surface area (TPSA) is 86.8 Å². The van der Waals surface area contributed by atoms with Gasteiger partial charge in [0, 0.05) is 17.5 Å². The van der Waals surface area contributed by atoms with Gasteiger partial charge in [0.15, 0.2) is 0 Å². The molecule has 218 valence electrons. The maximum absolute atomic E-state index is 14.0. The van der Waals surface area contributed by atoms with E-state index in [1.165, 1.54) is 16.7 Å². The molecule has 0 unspecified atom stereocenters. The van der Waals surface area contributed by atoms with Crippen molar-refractivity contribution in [3.63, 3.8) is 0 Å². The molecule has 0 spiro atoms. The van der Waals surface area contributed by atoms with Gasteiger partial charge in [-0.15, -0.1) is 11.8 Å². The summed E-state index contributed by atoms with van der Waals surface area (Å²) in [6.45, 7) is 3.50. The number of carbonyl (C=O) groups is 2. The number of nitrogens with zero attached hydrogens (tertiary/aromatic N) is 2. The van der Waals surface area contributed by atoms with Crippen LogP contribution < -0.4 is 9.62 Å². The number of nitrogens with one attached hydrogen (secondary N) is 1. The minimum absolute atomic E-state index is 0.103. The maximum atomic E-state index is 14.0. The SMILES string of the molecule is CSc1ccc(S(=O)(=O)N(CC(=O)N(CCc2ccccc2)[C@H](C)C(=O)NC2CCCC2)c2ccc(C)cc2)cc1. The Balaban J connectivity index is 1.64. The quantitative estimate of drug-likeness (QED) is 0.283. The molecule has 2 amide bonds. The fraction of sp³-hybridized carbons (Fsp3) is 0.375. The molecule has 4 rings (SSSR count). The highest BCUT2D eigenvalue weighted by Gasteiger charge is 2.33. The average molecular weight is 594 g/mol. The molecular formula is C32H39N3O4S2. The van der Waals surface area contributed by atoms with Gasteiger partial charge in [-0.2, -0.15) is 0 Å². The molecule has 0 saturated heterocycles. The Morgan fingerprint density at radius 3 is 2.20 bits per heavy atom. The van der Waals surface area contributed by atoms with Gasteiger partial charge in [-0.3, -0.25) is 13.9 Å². The summed E-state index contributed by atoms with van der Waals surface area (Å²) in [6, 6.07) is 22.8. The van der Waals surface area contributed by atoms with Crippen molar-refractivity contribution in [1.82, 2.24) is 10.2 Å². The van der Waals surface area contributed by atoms with Crippen LogP contribution >= 0.6 is 11.8 Å². The lowest BCUT2D eigenvalue weighted by molar-refractivity contribution is -0.139. The van der Waals surface area contributed by atoms with E-state index < -0.39 is 28.5 Å². The average Bonchev–Trinajstić information content (AvgIpc) is 3.50. The normalized spacial score (nSPS) is 14.4. The van der Waals surface area contributed by atoms with Crippen molar-refractivity contribution >= 4 is 39.3 Å². The molecule has 1 saturated carbocycles. The van der Waals surface area contributed by atoms with Gasteiger partial charge < -0.3 is 10.2 Å². The highest BCUT2D eigenvalue weighted by atomic mass is 32.2. The molecule has 1 fully saturated rings. The van der Waals surface area contributed by atoms with Gasteiger partial charge in [0.2, 0.25) is 11.8 Å². The number of benzene rings is 3. The molecule has 1 aliphatic carbocycles. The second kappa shape index (κ2) is 14.0. The number of hydrogen-bond acceptors (Lipinski definition) is 5. The fourth-order valence-corrected chi connectivity index (χ4v) is 6.90. The number of rotatable bonds is 12. The first-order valence-electron chi connectivity index (χ1n) is 14.1. The standard InChI is InChI=1S/C32H39N3O4S2/c1-24-13-15-28(16-14-24)35(41(38,39)30-19-17-29(40-3)18-20-30)23-31(36)34(22-21-26-9-5-4-6-10-26)25(2)32(37)33-27-11-7-8-12-27/h4-6,9-10,13-20,25,27H,7-8,11-12,21-23H2,1-3H3,(H,33,37)/t25-/m1/s1. The third kappa shape index (κ3) is 7.92. The number of carbonyl (C=O) groups excluding carboxylic acids is 2. The van der Waals surface area contributed by atoms with Gasteiger partial charge in [-0.25, -0.2) is 8.42 Å². The van der Waals surface area contributed by atoms with E-state index in [2.05, 4.69) is 5.32 Å². The van der Waals surface area contributed by atoms with Crippen LogP contribution in [0.2, 0.25) is 0 Å². The molecule has 0 aromatic heterocycles. The number of anilines is 1. The largest absolute Gasteiger partial charge is 0.352 e. The first-order chi connectivity index (χ1) is 19.7. The van der Waals surface area contributed by atoms with Crippen LogP contribution in [0.25, 0.3) is 0 Å². The molecule has 0 bridgehead atoms. The van der Waals surface area contributed by atoms with E-state index in [1.807, 2.05) is 55.6 Å². The molecule has 3 aromatic carbocycles. The Hall–Kier alpha value is -3.30. The lowest BCUT2D eigenvalue weighted by Crippen LogP contribution is -2.53. The predicted octanol–water partition coefficient (Wildman–Crippen LogP) is 5.43. The molecule has 0 radical (unpaired) electrons. The summed E-state index contributed by atoms with van der Waals surface area (Å²) < 4.78 is 29.1. The van der Waals surface area contributed by atoms with Gasteiger partial charge in [0.05, 0.1) is 10.6 Å². The summed E-state index contributed by atoms with van der Waals surface area (Å²) in [7, 11) is -4.08. The molecule has 0 heterocycles. The van der Waals surface area contributed by atoms with Crippen molar-refractivity contribution in [2.75, 3.05) is 23.7 Å². The lowest BCUT2D eigenvalue weighted by atomic mass is 10.1. The van der Waals surface area contributed by atoms with E-state index in [-0.39, 0.29) is 23.4 Å². The van der Waals surface area contributed by atoms with E-state index in [9.17, 15) is 18.0 Å². The summed E-state index contributed by atoms with van der Waals surface area (Å²) >= 11 is 1.52. The third-order valence-electron chi connectivity index (χ3n) is 7.60. The number of amides is 2. The van der Waals surface area contributed by atoms with Crippen molar-refractivity contribution in [3.05, 3.63) is 90.0 Å². The zero-order chi connectivity index (χ0) is 29.4. The van der Waals surface area contributed by atoms with Crippen molar-refractivity contribution in [2.24, 2.45) is 0 Å². The molecule has 41 heavy (non-hydrogen) atoms. The van der Waals surface area contributed by atoms with Crippen molar-refractivity contribution in [2.45, 2.75) is 67.8 Å². The monoisotopic (exact) mass is 593 g/mol. The molecule has 9 heteroatoms. The van der Waals surface area contributed by atoms with E-state index in [0.717, 1.165) is 46.0 Å². The zero-order valence-electron chi connectivity index (χ0n) is 24.0. The molecule has 3 aromatic rings. The molecule has 1 N–H and O–H groups in total. The number of sulfonamides is 1. The van der Waals surface area contributed by atoms with E-state index >= 15 is 0 Å². The van der Waals surface area contributed by atoms with Gasteiger partial charge in [-0.05, 0) is 81.3 Å². The van der Waals surface area contributed by atoms with Gasteiger partial charge in [0.25, 0.3) is 10.0 Å². The number of aryl methyl sites for hydroxylation is 1. The van der Waals surface area contributed by atoms with Crippen molar-refractivity contribution < 1.29 is 18.0 Å². The van der Waals surface area contributed by atoms with Gasteiger partial charge in [0.1, 0.15) is 12.6 Å². The van der Waals surface area contributed by atoms with Crippen LogP contribution in [0, 0.1) is 6.92 Å². The first-order valence-corrected chi connectivity index (χ1v) is 16.7. The fourth-order valence-electron chi connectivity index (χ4n) is 5.08. The Kier molecular flexibility index (Phi) is 10.5. The summed E-state index contributed by atoms with van der Waals surface area (Å²) in [4.78, 5) is 29.9. The summed E-state index contributed by atoms with van der Waals surface area (Å²) in [6.07, 6.45) is 6.50. The van der Waals surface area contributed by atoms with Crippen LogP contribution in [0.3, 0.4) is 0 Å². The van der Waals surface area contributed by atoms with E-state index in [1.54, 1.807) is 43.3 Å². The van der Waals surface area contributed by atoms with Crippen LogP contribution in [0.5, 0.6) is 0 Å². The second-order valence-corrected chi connectivity index (χ2v) is 13.3. The predicted molar refractivity (Wildman–Crippen MR) is 166 cm³/mol. The molecule has 7 nitrogen and oxygen atoms in total. The highest BCUT2D eigenvalue weighted by molar-refractivity contribution is 7.98. The molecule has 0 aliphatic heterocycles. The Bertz CT molecular complexity index is 1410. The van der Waals surface area contributed by atoms with Crippen LogP contribution in [-0.2, 0) is 26.0 Å². The summed E-state index contributed by atoms with van der Waals surface area (Å²) in [5, 5.41) is 3.10. The van der Waals surface area contributed by atoms with Crippen molar-refractivity contribution in [3.8, 4) is 0 Å². The molecular weight excluding hydrogens is 555 g/mol. The molecule has 1 aliphatic rings. The molecule has 1 atom stereocenters. The maximum Gasteiger partial charge on any atom is 0.264 e. The van der Waals surface area contributed by atoms with Gasteiger partial charge >= 0.3 is 0 Å². The minimum Gasteiger partial charge on any atom is -0.352 e. The summed E-state index contributed by atoms with van der Waals surface area (Å²) in [5.74, 6) is -0.643. The Morgan fingerprint density at radius 1 is 0.951 bits per heavy atom. The smallest absolute Gasteiger partial charge is 0.264 e. The van der Waals surface area contributed by atoms with E-state index in [0.29, 0.717) is 12.1 Å². The Labute approximate surface area is 248 Å². The van der Waals surface area contributed by atoms with Crippen LogP contribution in [-0.4, -0.2) is 56.6 Å². The lowest BCUT2D eigenvalue weighted by Gasteiger charge is -2.32. The van der Waals surface area contributed by atoms with Crippen LogP contribution in [0.1, 0.15) is 43.7 Å². The van der Waals surface area contributed by atoms with Gasteiger partial charge in [-0.1, -0.05) is 60.9 Å². The van der Waals surface area contributed by atoms with Crippen LogP contribution in [0.15, 0.2) is 88.7 Å². The minimum atomic E-state index is -4.08. The highest BCUT2D eigenvalue weighted by Crippen LogP contribution is 2.26. The number of thioether (sulfide) groups is 1.